The van der Waals surface area contributed by atoms with Crippen LogP contribution in [0.4, 0.5) is 0 Å². The molecule has 0 bridgehead atoms. The Balaban J connectivity index is 1.77. The summed E-state index contributed by atoms with van der Waals surface area (Å²) in [6.45, 7) is 2.05. The predicted molar refractivity (Wildman–Crippen MR) is 58.3 cm³/mol. The molecule has 1 aliphatic heterocycles. The van der Waals surface area contributed by atoms with Crippen molar-refractivity contribution in [3.63, 3.8) is 0 Å². The number of fused-ring (bicyclic) bond motifs is 1. The van der Waals surface area contributed by atoms with Gasteiger partial charge in [-0.1, -0.05) is 0 Å². The van der Waals surface area contributed by atoms with E-state index in [-0.39, 0.29) is 0 Å². The minimum Gasteiger partial charge on any atom is -0.490 e. The Morgan fingerprint density at radius 1 is 1.19 bits per heavy atom. The maximum absolute atomic E-state index is 5.88. The van der Waals surface area contributed by atoms with E-state index in [2.05, 4.69) is 20.3 Å². The van der Waals surface area contributed by atoms with Crippen molar-refractivity contribution in [2.24, 2.45) is 0 Å². The standard InChI is InChI=1S/C11H13N3O2/c1-2-10-11(14-16-13-10)7-9(1)15-8-3-5-12-6-4-8/h1-2,7-8,12H,3-6H2. The molecule has 5 nitrogen and oxygen atoms in total. The molecule has 1 saturated heterocycles. The van der Waals surface area contributed by atoms with Gasteiger partial charge >= 0.3 is 0 Å². The fourth-order valence-electron chi connectivity index (χ4n) is 1.94. The van der Waals surface area contributed by atoms with Gasteiger partial charge in [0, 0.05) is 6.07 Å². The van der Waals surface area contributed by atoms with Crippen LogP contribution in [0.25, 0.3) is 11.0 Å². The molecule has 1 aromatic carbocycles. The van der Waals surface area contributed by atoms with E-state index in [4.69, 9.17) is 4.74 Å². The highest BCUT2D eigenvalue weighted by molar-refractivity contribution is 5.74. The van der Waals surface area contributed by atoms with Gasteiger partial charge in [-0.3, -0.25) is 0 Å². The molecule has 3 rings (SSSR count). The van der Waals surface area contributed by atoms with Crippen LogP contribution in [0, 0.1) is 0 Å². The van der Waals surface area contributed by atoms with Gasteiger partial charge in [0.15, 0.2) is 0 Å². The van der Waals surface area contributed by atoms with Crippen LogP contribution in [0.2, 0.25) is 0 Å². The number of benzene rings is 1. The third-order valence-corrected chi connectivity index (χ3v) is 2.81. The van der Waals surface area contributed by atoms with Gasteiger partial charge in [0.2, 0.25) is 0 Å². The number of hydrogen-bond acceptors (Lipinski definition) is 5. The largest absolute Gasteiger partial charge is 0.490 e. The van der Waals surface area contributed by atoms with Gasteiger partial charge in [-0.25, -0.2) is 4.63 Å². The monoisotopic (exact) mass is 219 g/mol. The molecule has 2 heterocycles. The van der Waals surface area contributed by atoms with Crippen molar-refractivity contribution in [3.05, 3.63) is 18.2 Å². The fourth-order valence-corrected chi connectivity index (χ4v) is 1.94. The van der Waals surface area contributed by atoms with Gasteiger partial charge in [-0.05, 0) is 48.4 Å². The summed E-state index contributed by atoms with van der Waals surface area (Å²) in [4.78, 5) is 0. The summed E-state index contributed by atoms with van der Waals surface area (Å²) in [6, 6.07) is 5.64. The lowest BCUT2D eigenvalue weighted by Gasteiger charge is -2.23. The average molecular weight is 219 g/mol. The number of ether oxygens (including phenoxy) is 1. The van der Waals surface area contributed by atoms with E-state index in [1.54, 1.807) is 0 Å². The Morgan fingerprint density at radius 2 is 2.00 bits per heavy atom. The predicted octanol–water partition coefficient (Wildman–Crippen LogP) is 1.35. The van der Waals surface area contributed by atoms with Crippen molar-refractivity contribution in [3.8, 4) is 5.75 Å². The molecule has 5 heteroatoms. The van der Waals surface area contributed by atoms with Gasteiger partial charge in [0.25, 0.3) is 0 Å². The number of hydrogen-bond donors (Lipinski definition) is 1. The average Bonchev–Trinajstić information content (AvgIpc) is 2.77. The van der Waals surface area contributed by atoms with Crippen LogP contribution in [-0.2, 0) is 0 Å². The minimum absolute atomic E-state index is 0.304. The quantitative estimate of drug-likeness (QED) is 0.826. The van der Waals surface area contributed by atoms with Crippen molar-refractivity contribution in [2.75, 3.05) is 13.1 Å². The Labute approximate surface area is 92.7 Å². The summed E-state index contributed by atoms with van der Waals surface area (Å²) in [5, 5.41) is 10.9. The van der Waals surface area contributed by atoms with Gasteiger partial charge in [-0.15, -0.1) is 0 Å². The normalized spacial score (nSPS) is 17.8. The lowest BCUT2D eigenvalue weighted by molar-refractivity contribution is 0.162. The van der Waals surface area contributed by atoms with Gasteiger partial charge in [0.1, 0.15) is 22.9 Å². The molecule has 84 valence electrons. The second-order valence-electron chi connectivity index (χ2n) is 3.98. The highest BCUT2D eigenvalue weighted by Crippen LogP contribution is 2.20. The molecule has 16 heavy (non-hydrogen) atoms. The molecule has 1 aromatic heterocycles. The maximum atomic E-state index is 5.88. The zero-order chi connectivity index (χ0) is 10.8. The smallest absolute Gasteiger partial charge is 0.138 e. The number of piperidine rings is 1. The highest BCUT2D eigenvalue weighted by Gasteiger charge is 2.14. The van der Waals surface area contributed by atoms with E-state index < -0.39 is 0 Å². The Morgan fingerprint density at radius 3 is 2.88 bits per heavy atom. The first kappa shape index (κ1) is 9.59. The molecule has 1 N–H and O–H groups in total. The summed E-state index contributed by atoms with van der Waals surface area (Å²) < 4.78 is 10.5. The second kappa shape index (κ2) is 4.09. The molecule has 0 unspecified atom stereocenters. The van der Waals surface area contributed by atoms with Crippen LogP contribution >= 0.6 is 0 Å². The highest BCUT2D eigenvalue weighted by atomic mass is 16.6. The van der Waals surface area contributed by atoms with Gasteiger partial charge in [-0.2, -0.15) is 0 Å². The first-order valence-corrected chi connectivity index (χ1v) is 5.51. The summed E-state index contributed by atoms with van der Waals surface area (Å²) in [5.41, 5.74) is 1.50. The molecular weight excluding hydrogens is 206 g/mol. The lowest BCUT2D eigenvalue weighted by Crippen LogP contribution is -2.34. The minimum atomic E-state index is 0.304. The van der Waals surface area contributed by atoms with Crippen molar-refractivity contribution in [2.45, 2.75) is 18.9 Å². The molecule has 0 aliphatic carbocycles. The zero-order valence-electron chi connectivity index (χ0n) is 8.85. The molecular formula is C11H13N3O2. The van der Waals surface area contributed by atoms with Crippen molar-refractivity contribution >= 4 is 11.0 Å². The van der Waals surface area contributed by atoms with Crippen LogP contribution in [0.5, 0.6) is 5.75 Å². The Bertz CT molecular complexity index is 477. The number of rotatable bonds is 2. The molecule has 0 saturated carbocycles. The van der Waals surface area contributed by atoms with E-state index in [1.165, 1.54) is 0 Å². The molecule has 0 spiro atoms. The molecule has 1 aliphatic rings. The van der Waals surface area contributed by atoms with E-state index in [0.717, 1.165) is 42.7 Å². The maximum Gasteiger partial charge on any atom is 0.138 e. The van der Waals surface area contributed by atoms with Crippen LogP contribution < -0.4 is 10.1 Å². The zero-order valence-corrected chi connectivity index (χ0v) is 8.85. The van der Waals surface area contributed by atoms with E-state index in [1.807, 2.05) is 18.2 Å². The van der Waals surface area contributed by atoms with E-state index in [9.17, 15) is 0 Å². The molecule has 0 radical (unpaired) electrons. The summed E-state index contributed by atoms with van der Waals surface area (Å²) in [5.74, 6) is 0.843. The van der Waals surface area contributed by atoms with Crippen LogP contribution in [-0.4, -0.2) is 29.5 Å². The first-order chi connectivity index (χ1) is 7.92. The molecule has 2 aromatic rings. The topological polar surface area (TPSA) is 60.2 Å². The van der Waals surface area contributed by atoms with Crippen molar-refractivity contribution in [1.29, 1.82) is 0 Å². The van der Waals surface area contributed by atoms with Gasteiger partial charge in [0.05, 0.1) is 0 Å². The van der Waals surface area contributed by atoms with Crippen LogP contribution in [0.15, 0.2) is 22.8 Å². The third kappa shape index (κ3) is 1.86. The molecule has 1 fully saturated rings. The van der Waals surface area contributed by atoms with Crippen molar-refractivity contribution in [1.82, 2.24) is 15.6 Å². The van der Waals surface area contributed by atoms with Crippen LogP contribution in [0.1, 0.15) is 12.8 Å². The fraction of sp³-hybridized carbons (Fsp3) is 0.455. The Hall–Kier alpha value is -1.62. The summed E-state index contributed by atoms with van der Waals surface area (Å²) in [7, 11) is 0. The summed E-state index contributed by atoms with van der Waals surface area (Å²) in [6.07, 6.45) is 2.41. The Kier molecular flexibility index (Phi) is 2.46. The van der Waals surface area contributed by atoms with E-state index >= 15 is 0 Å². The number of nitrogens with zero attached hydrogens (tertiary/aromatic N) is 2. The summed E-state index contributed by atoms with van der Waals surface area (Å²) >= 11 is 0. The number of aromatic nitrogens is 2. The second-order valence-corrected chi connectivity index (χ2v) is 3.98. The SMILES string of the molecule is c1cc2nonc2cc1OC1CCNCC1. The van der Waals surface area contributed by atoms with Crippen LogP contribution in [0.3, 0.4) is 0 Å². The first-order valence-electron chi connectivity index (χ1n) is 5.51. The lowest BCUT2D eigenvalue weighted by atomic mass is 10.1. The molecule has 0 amide bonds. The van der Waals surface area contributed by atoms with Crippen molar-refractivity contribution < 1.29 is 9.37 Å². The van der Waals surface area contributed by atoms with E-state index in [0.29, 0.717) is 6.10 Å². The third-order valence-electron chi connectivity index (χ3n) is 2.81. The molecule has 0 atom stereocenters. The number of nitrogens with one attached hydrogen (secondary N) is 1. The van der Waals surface area contributed by atoms with Gasteiger partial charge < -0.3 is 10.1 Å².